The van der Waals surface area contributed by atoms with E-state index in [9.17, 15) is 4.79 Å². The molecule has 0 heterocycles. The fourth-order valence-corrected chi connectivity index (χ4v) is 2.49. The molecule has 0 bridgehead atoms. The molecule has 0 aliphatic rings. The fourth-order valence-electron chi connectivity index (χ4n) is 2.36. The summed E-state index contributed by atoms with van der Waals surface area (Å²) in [5.41, 5.74) is 6.48. The van der Waals surface area contributed by atoms with E-state index in [1.807, 2.05) is 31.2 Å². The van der Waals surface area contributed by atoms with Gasteiger partial charge in [-0.1, -0.05) is 37.6 Å². The zero-order valence-corrected chi connectivity index (χ0v) is 14.6. The highest BCUT2D eigenvalue weighted by atomic mass is 35.5. The Morgan fingerprint density at radius 1 is 1.29 bits per heavy atom. The summed E-state index contributed by atoms with van der Waals surface area (Å²) in [6.45, 7) is 6.09. The molecule has 0 radical (unpaired) electrons. The largest absolute Gasteiger partial charge is 0.347 e. The molecule has 1 aromatic carbocycles. The van der Waals surface area contributed by atoms with E-state index < -0.39 is 0 Å². The first kappa shape index (κ1) is 20.2. The van der Waals surface area contributed by atoms with Crippen LogP contribution in [0, 0.1) is 0 Å². The maximum absolute atomic E-state index is 12.1. The minimum absolute atomic E-state index is 0. The number of hydrogen-bond acceptors (Lipinski definition) is 2. The van der Waals surface area contributed by atoms with Crippen LogP contribution >= 0.6 is 24.0 Å². The van der Waals surface area contributed by atoms with Gasteiger partial charge in [0.05, 0.1) is 5.54 Å². The third-order valence-electron chi connectivity index (χ3n) is 3.81. The smallest absolute Gasteiger partial charge is 0.220 e. The first-order valence-corrected chi connectivity index (χ1v) is 7.64. The van der Waals surface area contributed by atoms with E-state index in [0.29, 0.717) is 17.9 Å². The normalized spacial score (nSPS) is 12.4. The zero-order chi connectivity index (χ0) is 15.2. The molecule has 3 N–H and O–H groups in total. The Kier molecular flexibility index (Phi) is 8.95. The molecular formula is C16H26Cl2N2O. The maximum Gasteiger partial charge on any atom is 0.220 e. The summed E-state index contributed by atoms with van der Waals surface area (Å²) in [4.78, 5) is 12.1. The molecule has 0 fully saturated rings. The Labute approximate surface area is 139 Å². The van der Waals surface area contributed by atoms with Gasteiger partial charge in [0.25, 0.3) is 0 Å². The molecule has 0 aliphatic carbocycles. The van der Waals surface area contributed by atoms with Crippen LogP contribution in [-0.4, -0.2) is 11.9 Å². The molecule has 0 aromatic heterocycles. The Morgan fingerprint density at radius 2 is 1.81 bits per heavy atom. The van der Waals surface area contributed by atoms with E-state index in [2.05, 4.69) is 19.2 Å². The summed E-state index contributed by atoms with van der Waals surface area (Å²) >= 11 is 5.94. The second kappa shape index (κ2) is 9.29. The molecular weight excluding hydrogens is 307 g/mol. The average Bonchev–Trinajstić information content (AvgIpc) is 2.43. The van der Waals surface area contributed by atoms with Crippen molar-refractivity contribution < 1.29 is 4.79 Å². The lowest BCUT2D eigenvalue weighted by Crippen LogP contribution is -2.45. The zero-order valence-electron chi connectivity index (χ0n) is 13.0. The number of rotatable bonds is 7. The van der Waals surface area contributed by atoms with Gasteiger partial charge in [-0.3, -0.25) is 4.79 Å². The molecule has 1 amide bonds. The van der Waals surface area contributed by atoms with Gasteiger partial charge in [-0.25, -0.2) is 0 Å². The van der Waals surface area contributed by atoms with Gasteiger partial charge in [0.15, 0.2) is 0 Å². The van der Waals surface area contributed by atoms with Crippen molar-refractivity contribution in [3.05, 3.63) is 34.9 Å². The van der Waals surface area contributed by atoms with Crippen LogP contribution in [-0.2, 0) is 10.3 Å². The van der Waals surface area contributed by atoms with Gasteiger partial charge >= 0.3 is 0 Å². The van der Waals surface area contributed by atoms with Crippen LogP contribution in [0.4, 0.5) is 0 Å². The quantitative estimate of drug-likeness (QED) is 0.792. The van der Waals surface area contributed by atoms with E-state index in [4.69, 9.17) is 17.3 Å². The summed E-state index contributed by atoms with van der Waals surface area (Å²) in [7, 11) is 0. The van der Waals surface area contributed by atoms with Crippen molar-refractivity contribution in [2.24, 2.45) is 5.73 Å². The Balaban J connectivity index is 0.00000400. The molecule has 1 aromatic rings. The maximum atomic E-state index is 12.1. The molecule has 0 aliphatic heterocycles. The standard InChI is InChI=1S/C16H25ClN2O.ClH/c1-4-16(5-2,13-7-9-14(17)10-8-13)19-15(20)11-6-12(3)18;/h7-10,12H,4-6,11,18H2,1-3H3,(H,19,20);1H. The highest BCUT2D eigenvalue weighted by Crippen LogP contribution is 2.29. The first-order valence-electron chi connectivity index (χ1n) is 7.26. The second-order valence-corrected chi connectivity index (χ2v) is 5.80. The summed E-state index contributed by atoms with van der Waals surface area (Å²) in [6.07, 6.45) is 2.85. The van der Waals surface area contributed by atoms with Crippen LogP contribution in [0.1, 0.15) is 52.0 Å². The number of carbonyl (C=O) groups excluding carboxylic acids is 1. The summed E-state index contributed by atoms with van der Waals surface area (Å²) in [5.74, 6) is 0.0564. The molecule has 1 rings (SSSR count). The number of carbonyl (C=O) groups is 1. The average molecular weight is 333 g/mol. The molecule has 120 valence electrons. The molecule has 21 heavy (non-hydrogen) atoms. The number of nitrogens with one attached hydrogen (secondary N) is 1. The van der Waals surface area contributed by atoms with E-state index in [1.54, 1.807) is 0 Å². The number of benzene rings is 1. The van der Waals surface area contributed by atoms with Crippen LogP contribution in [0.5, 0.6) is 0 Å². The van der Waals surface area contributed by atoms with Crippen molar-refractivity contribution >= 4 is 29.9 Å². The second-order valence-electron chi connectivity index (χ2n) is 5.36. The number of hydrogen-bond donors (Lipinski definition) is 2. The van der Waals surface area contributed by atoms with E-state index >= 15 is 0 Å². The minimum atomic E-state index is -0.320. The lowest BCUT2D eigenvalue weighted by atomic mass is 9.84. The fraction of sp³-hybridized carbons (Fsp3) is 0.562. The van der Waals surface area contributed by atoms with E-state index in [-0.39, 0.29) is 29.9 Å². The van der Waals surface area contributed by atoms with Gasteiger partial charge in [-0.2, -0.15) is 0 Å². The highest BCUT2D eigenvalue weighted by molar-refractivity contribution is 6.30. The van der Waals surface area contributed by atoms with Gasteiger partial charge in [0.1, 0.15) is 0 Å². The van der Waals surface area contributed by atoms with Crippen LogP contribution in [0.25, 0.3) is 0 Å². The Morgan fingerprint density at radius 3 is 2.24 bits per heavy atom. The summed E-state index contributed by atoms with van der Waals surface area (Å²) in [6, 6.07) is 7.76. The first-order chi connectivity index (χ1) is 9.43. The van der Waals surface area contributed by atoms with Crippen molar-refractivity contribution in [2.45, 2.75) is 58.0 Å². The van der Waals surface area contributed by atoms with Crippen molar-refractivity contribution in [1.82, 2.24) is 5.32 Å². The van der Waals surface area contributed by atoms with Crippen LogP contribution in [0.3, 0.4) is 0 Å². The van der Waals surface area contributed by atoms with Gasteiger partial charge in [-0.05, 0) is 43.9 Å². The molecule has 5 heteroatoms. The minimum Gasteiger partial charge on any atom is -0.347 e. The Hall–Kier alpha value is -0.770. The van der Waals surface area contributed by atoms with E-state index in [0.717, 1.165) is 18.4 Å². The number of nitrogens with two attached hydrogens (primary N) is 1. The lowest BCUT2D eigenvalue weighted by Gasteiger charge is -2.34. The van der Waals surface area contributed by atoms with Crippen LogP contribution < -0.4 is 11.1 Å². The van der Waals surface area contributed by atoms with Crippen LogP contribution in [0.2, 0.25) is 5.02 Å². The van der Waals surface area contributed by atoms with Gasteiger partial charge in [0, 0.05) is 17.5 Å². The molecule has 1 unspecified atom stereocenters. The third kappa shape index (κ3) is 5.85. The third-order valence-corrected chi connectivity index (χ3v) is 4.06. The number of halogens is 2. The predicted octanol–water partition coefficient (Wildman–Crippen LogP) is 4.02. The van der Waals surface area contributed by atoms with E-state index in [1.165, 1.54) is 0 Å². The van der Waals surface area contributed by atoms with Crippen LogP contribution in [0.15, 0.2) is 24.3 Å². The summed E-state index contributed by atoms with van der Waals surface area (Å²) < 4.78 is 0. The summed E-state index contributed by atoms with van der Waals surface area (Å²) in [5, 5.41) is 3.89. The Bertz CT molecular complexity index is 428. The molecule has 3 nitrogen and oxygen atoms in total. The van der Waals surface area contributed by atoms with Crippen molar-refractivity contribution in [3.63, 3.8) is 0 Å². The SMILES string of the molecule is CCC(CC)(NC(=O)CCC(C)N)c1ccc(Cl)cc1.Cl. The number of amides is 1. The molecule has 0 saturated heterocycles. The van der Waals surface area contributed by atoms with Gasteiger partial charge in [-0.15, -0.1) is 12.4 Å². The van der Waals surface area contributed by atoms with Crippen molar-refractivity contribution in [2.75, 3.05) is 0 Å². The lowest BCUT2D eigenvalue weighted by molar-refractivity contribution is -0.123. The predicted molar refractivity (Wildman–Crippen MR) is 92.0 cm³/mol. The molecule has 0 saturated carbocycles. The molecule has 1 atom stereocenters. The molecule has 0 spiro atoms. The van der Waals surface area contributed by atoms with Crippen molar-refractivity contribution in [1.29, 1.82) is 0 Å². The highest BCUT2D eigenvalue weighted by Gasteiger charge is 2.29. The topological polar surface area (TPSA) is 55.1 Å². The van der Waals surface area contributed by atoms with Gasteiger partial charge < -0.3 is 11.1 Å². The monoisotopic (exact) mass is 332 g/mol. The van der Waals surface area contributed by atoms with Gasteiger partial charge in [0.2, 0.25) is 5.91 Å². The van der Waals surface area contributed by atoms with Crippen molar-refractivity contribution in [3.8, 4) is 0 Å².